The van der Waals surface area contributed by atoms with Gasteiger partial charge in [-0.15, -0.1) is 35.3 Å². The average molecular weight is 479 g/mol. The topological polar surface area (TPSA) is 65.9 Å². The van der Waals surface area contributed by atoms with Gasteiger partial charge in [0.1, 0.15) is 24.3 Å². The highest BCUT2D eigenvalue weighted by Crippen LogP contribution is 2.11. The molecule has 138 valence electrons. The number of aliphatic imine (C=N–C) groups is 1. The summed E-state index contributed by atoms with van der Waals surface area (Å²) in [6.07, 6.45) is -0.708. The summed E-state index contributed by atoms with van der Waals surface area (Å²) in [6.45, 7) is 3.73. The number of aliphatic hydroxyl groups excluding tert-OH is 1. The molecule has 2 rings (SSSR count). The molecule has 0 radical (unpaired) electrons. The third kappa shape index (κ3) is 8.50. The van der Waals surface area contributed by atoms with Gasteiger partial charge in [0.2, 0.25) is 0 Å². The van der Waals surface area contributed by atoms with E-state index in [1.54, 1.807) is 11.3 Å². The molecule has 0 fully saturated rings. The summed E-state index contributed by atoms with van der Waals surface area (Å²) in [5.41, 5.74) is 0. The first-order valence-corrected chi connectivity index (χ1v) is 8.66. The van der Waals surface area contributed by atoms with Crippen molar-refractivity contribution in [2.45, 2.75) is 19.6 Å². The molecule has 1 aromatic carbocycles. The smallest absolute Gasteiger partial charge is 0.191 e. The van der Waals surface area contributed by atoms with Gasteiger partial charge in [-0.2, -0.15) is 0 Å². The molecule has 5 nitrogen and oxygen atoms in total. The molecule has 0 aliphatic rings. The average Bonchev–Trinajstić information content (AvgIpc) is 3.10. The molecule has 0 amide bonds. The van der Waals surface area contributed by atoms with Gasteiger partial charge in [0.05, 0.1) is 6.54 Å². The van der Waals surface area contributed by atoms with Crippen LogP contribution in [0.1, 0.15) is 11.8 Å². The van der Waals surface area contributed by atoms with Crippen molar-refractivity contribution >= 4 is 41.3 Å². The van der Waals surface area contributed by atoms with Gasteiger partial charge in [0, 0.05) is 18.0 Å². The van der Waals surface area contributed by atoms with E-state index in [4.69, 9.17) is 4.74 Å². The summed E-state index contributed by atoms with van der Waals surface area (Å²) >= 11 is 1.66. The Bertz CT molecular complexity index is 623. The van der Waals surface area contributed by atoms with Crippen LogP contribution in [0.3, 0.4) is 0 Å². The highest BCUT2D eigenvalue weighted by atomic mass is 127. The highest BCUT2D eigenvalue weighted by Gasteiger charge is 2.07. The van der Waals surface area contributed by atoms with Gasteiger partial charge in [0.25, 0.3) is 0 Å². The molecule has 0 saturated heterocycles. The molecule has 2 aromatic rings. The molecule has 8 heteroatoms. The van der Waals surface area contributed by atoms with Crippen LogP contribution in [0.25, 0.3) is 0 Å². The van der Waals surface area contributed by atoms with Crippen LogP contribution in [0, 0.1) is 5.82 Å². The molecule has 1 unspecified atom stereocenters. The molecular formula is C17H23FIN3O2S. The van der Waals surface area contributed by atoms with E-state index in [-0.39, 0.29) is 36.4 Å². The molecule has 1 aromatic heterocycles. The lowest BCUT2D eigenvalue weighted by Crippen LogP contribution is -2.42. The Morgan fingerprint density at radius 2 is 2.04 bits per heavy atom. The van der Waals surface area contributed by atoms with E-state index in [1.165, 1.54) is 29.1 Å². The standard InChI is InChI=1S/C17H22FN3O2S.HI/c1-2-19-17(21-11-16-4-3-9-24-16)20-10-14(22)12-23-15-7-5-13(18)6-8-15;/h3-9,14,22H,2,10-12H2,1H3,(H2,19,20,21);1H. The lowest BCUT2D eigenvalue weighted by molar-refractivity contribution is 0.110. The van der Waals surface area contributed by atoms with E-state index in [9.17, 15) is 9.50 Å². The fourth-order valence-corrected chi connectivity index (χ4v) is 2.53. The van der Waals surface area contributed by atoms with E-state index in [1.807, 2.05) is 24.4 Å². The number of halogens is 2. The lowest BCUT2D eigenvalue weighted by atomic mass is 10.3. The summed E-state index contributed by atoms with van der Waals surface area (Å²) in [5.74, 6) is 0.849. The molecule has 1 atom stereocenters. The SMILES string of the molecule is CCNC(=NCc1cccs1)NCC(O)COc1ccc(F)cc1.I. The zero-order valence-corrected chi connectivity index (χ0v) is 17.1. The highest BCUT2D eigenvalue weighted by molar-refractivity contribution is 14.0. The molecule has 3 N–H and O–H groups in total. The monoisotopic (exact) mass is 479 g/mol. The summed E-state index contributed by atoms with van der Waals surface area (Å²) in [7, 11) is 0. The normalized spacial score (nSPS) is 12.2. The number of nitrogens with one attached hydrogen (secondary N) is 2. The molecule has 0 aliphatic carbocycles. The van der Waals surface area contributed by atoms with Gasteiger partial charge >= 0.3 is 0 Å². The molecule has 0 spiro atoms. The number of nitrogens with zero attached hydrogens (tertiary/aromatic N) is 1. The number of hydrogen-bond acceptors (Lipinski definition) is 4. The van der Waals surface area contributed by atoms with Crippen molar-refractivity contribution in [3.05, 3.63) is 52.5 Å². The number of guanidine groups is 1. The van der Waals surface area contributed by atoms with Crippen molar-refractivity contribution in [1.29, 1.82) is 0 Å². The fourth-order valence-electron chi connectivity index (χ4n) is 1.90. The van der Waals surface area contributed by atoms with Crippen molar-refractivity contribution in [2.75, 3.05) is 19.7 Å². The second-order valence-corrected chi connectivity index (χ2v) is 6.11. The maximum atomic E-state index is 12.8. The minimum Gasteiger partial charge on any atom is -0.491 e. The fraction of sp³-hybridized carbons (Fsp3) is 0.353. The zero-order chi connectivity index (χ0) is 17.2. The van der Waals surface area contributed by atoms with Crippen LogP contribution in [0.4, 0.5) is 4.39 Å². The van der Waals surface area contributed by atoms with E-state index < -0.39 is 6.10 Å². The van der Waals surface area contributed by atoms with Crippen LogP contribution >= 0.6 is 35.3 Å². The minimum absolute atomic E-state index is 0. The Hall–Kier alpha value is -1.39. The number of thiophene rings is 1. The van der Waals surface area contributed by atoms with Crippen molar-refractivity contribution < 1.29 is 14.2 Å². The van der Waals surface area contributed by atoms with E-state index in [0.717, 1.165) is 6.54 Å². The van der Waals surface area contributed by atoms with Crippen LogP contribution in [0.5, 0.6) is 5.75 Å². The Balaban J connectivity index is 0.00000312. The van der Waals surface area contributed by atoms with Crippen molar-refractivity contribution in [2.24, 2.45) is 4.99 Å². The van der Waals surface area contributed by atoms with Gasteiger partial charge in [-0.05, 0) is 42.6 Å². The molecule has 0 bridgehead atoms. The van der Waals surface area contributed by atoms with Crippen LogP contribution in [-0.2, 0) is 6.54 Å². The van der Waals surface area contributed by atoms with Crippen molar-refractivity contribution in [3.8, 4) is 5.75 Å². The maximum absolute atomic E-state index is 12.8. The molecule has 1 heterocycles. The second-order valence-electron chi connectivity index (χ2n) is 5.07. The first-order valence-electron chi connectivity index (χ1n) is 7.78. The number of hydrogen-bond donors (Lipinski definition) is 3. The Morgan fingerprint density at radius 3 is 2.68 bits per heavy atom. The Kier molecular flexibility index (Phi) is 10.4. The number of ether oxygens (including phenoxy) is 1. The van der Waals surface area contributed by atoms with Crippen LogP contribution < -0.4 is 15.4 Å². The summed E-state index contributed by atoms with van der Waals surface area (Å²) < 4.78 is 18.2. The molecule has 0 aliphatic heterocycles. The summed E-state index contributed by atoms with van der Waals surface area (Å²) in [5, 5.41) is 18.2. The van der Waals surface area contributed by atoms with Crippen LogP contribution in [0.15, 0.2) is 46.8 Å². The van der Waals surface area contributed by atoms with Gasteiger partial charge in [-0.3, -0.25) is 0 Å². The predicted molar refractivity (Wildman–Crippen MR) is 110 cm³/mol. The summed E-state index contributed by atoms with van der Waals surface area (Å²) in [4.78, 5) is 5.64. The van der Waals surface area contributed by atoms with Crippen LogP contribution in [-0.4, -0.2) is 36.9 Å². The van der Waals surface area contributed by atoms with Gasteiger partial charge in [-0.1, -0.05) is 6.07 Å². The lowest BCUT2D eigenvalue weighted by Gasteiger charge is -2.16. The first kappa shape index (κ1) is 21.7. The van der Waals surface area contributed by atoms with Crippen molar-refractivity contribution in [3.63, 3.8) is 0 Å². The third-order valence-corrected chi connectivity index (χ3v) is 3.94. The maximum Gasteiger partial charge on any atom is 0.191 e. The predicted octanol–water partition coefficient (Wildman–Crippen LogP) is 3.00. The molecule has 0 saturated carbocycles. The van der Waals surface area contributed by atoms with E-state index in [0.29, 0.717) is 24.8 Å². The van der Waals surface area contributed by atoms with Gasteiger partial charge in [0.15, 0.2) is 5.96 Å². The summed E-state index contributed by atoms with van der Waals surface area (Å²) in [6, 6.07) is 9.72. The minimum atomic E-state index is -0.708. The van der Waals surface area contributed by atoms with Gasteiger partial charge < -0.3 is 20.5 Å². The second kappa shape index (κ2) is 12.0. The van der Waals surface area contributed by atoms with Gasteiger partial charge in [-0.25, -0.2) is 9.38 Å². The van der Waals surface area contributed by atoms with Crippen molar-refractivity contribution in [1.82, 2.24) is 10.6 Å². The number of rotatable bonds is 8. The Morgan fingerprint density at radius 1 is 1.28 bits per heavy atom. The first-order chi connectivity index (χ1) is 11.7. The molecule has 25 heavy (non-hydrogen) atoms. The third-order valence-electron chi connectivity index (χ3n) is 3.08. The quantitative estimate of drug-likeness (QED) is 0.310. The van der Waals surface area contributed by atoms with E-state index >= 15 is 0 Å². The molecular weight excluding hydrogens is 456 g/mol. The van der Waals surface area contributed by atoms with E-state index in [2.05, 4.69) is 15.6 Å². The zero-order valence-electron chi connectivity index (χ0n) is 13.9. The number of benzene rings is 1. The van der Waals surface area contributed by atoms with Crippen LogP contribution in [0.2, 0.25) is 0 Å². The number of aliphatic hydroxyl groups is 1. The Labute approximate surface area is 168 Å². The largest absolute Gasteiger partial charge is 0.491 e.